The molecule has 1 aromatic rings. The number of nitrogens with one attached hydrogen (secondary N) is 1. The lowest BCUT2D eigenvalue weighted by Crippen LogP contribution is -2.44. The molecule has 1 rings (SSSR count). The number of rotatable bonds is 4. The zero-order valence-electron chi connectivity index (χ0n) is 11.5. The molecule has 0 bridgehead atoms. The summed E-state index contributed by atoms with van der Waals surface area (Å²) in [7, 11) is 0. The van der Waals surface area contributed by atoms with Gasteiger partial charge < -0.3 is 5.32 Å². The number of nitriles is 1. The maximum absolute atomic E-state index is 12.2. The van der Waals surface area contributed by atoms with Gasteiger partial charge in [-0.3, -0.25) is 4.79 Å². The number of amides is 1. The summed E-state index contributed by atoms with van der Waals surface area (Å²) >= 11 is 3.42. The predicted molar refractivity (Wildman–Crippen MR) is 80.3 cm³/mol. The third kappa shape index (κ3) is 4.68. The highest BCUT2D eigenvalue weighted by Gasteiger charge is 2.25. The molecule has 0 aliphatic rings. The number of carbonyl (C=O) groups is 1. The maximum Gasteiger partial charge on any atom is 0.251 e. The molecule has 0 saturated carbocycles. The zero-order valence-corrected chi connectivity index (χ0v) is 13.1. The van der Waals surface area contributed by atoms with Crippen LogP contribution in [-0.4, -0.2) is 17.3 Å². The maximum atomic E-state index is 12.2. The van der Waals surface area contributed by atoms with Crippen molar-refractivity contribution in [3.8, 4) is 6.07 Å². The van der Waals surface area contributed by atoms with Gasteiger partial charge in [0.2, 0.25) is 0 Å². The molecule has 0 saturated heterocycles. The molecule has 1 N–H and O–H groups in total. The lowest BCUT2D eigenvalue weighted by atomic mass is 9.85. The number of halogens is 1. The number of nitrogens with zero attached hydrogens (tertiary/aromatic N) is 1. The Labute approximate surface area is 123 Å². The fourth-order valence-corrected chi connectivity index (χ4v) is 2.23. The Morgan fingerprint density at radius 1 is 1.37 bits per heavy atom. The summed E-state index contributed by atoms with van der Waals surface area (Å²) in [5.74, 6) is -0.0923. The lowest BCUT2D eigenvalue weighted by Gasteiger charge is -2.31. The lowest BCUT2D eigenvalue weighted by molar-refractivity contribution is 0.0901. The van der Waals surface area contributed by atoms with E-state index in [0.717, 1.165) is 11.8 Å². The topological polar surface area (TPSA) is 52.9 Å². The van der Waals surface area contributed by atoms with Crippen molar-refractivity contribution < 1.29 is 4.79 Å². The van der Waals surface area contributed by atoms with Crippen LogP contribution in [0.4, 0.5) is 0 Å². The highest BCUT2D eigenvalue weighted by molar-refractivity contribution is 9.09. The van der Waals surface area contributed by atoms with Crippen molar-refractivity contribution in [1.29, 1.82) is 5.26 Å². The molecule has 0 radical (unpaired) electrons. The third-order valence-electron chi connectivity index (χ3n) is 3.02. The van der Waals surface area contributed by atoms with Crippen molar-refractivity contribution in [2.75, 3.05) is 5.33 Å². The van der Waals surface area contributed by atoms with Gasteiger partial charge in [0.15, 0.2) is 0 Å². The minimum atomic E-state index is -0.0923. The second-order valence-corrected chi connectivity index (χ2v) is 6.35. The van der Waals surface area contributed by atoms with E-state index in [9.17, 15) is 4.79 Å². The van der Waals surface area contributed by atoms with Crippen molar-refractivity contribution in [1.82, 2.24) is 5.32 Å². The normalized spacial score (nSPS) is 12.6. The second-order valence-electron chi connectivity index (χ2n) is 5.56. The van der Waals surface area contributed by atoms with Crippen molar-refractivity contribution >= 4 is 21.8 Å². The Morgan fingerprint density at radius 3 is 2.37 bits per heavy atom. The van der Waals surface area contributed by atoms with Crippen molar-refractivity contribution in [3.63, 3.8) is 0 Å². The van der Waals surface area contributed by atoms with E-state index in [0.29, 0.717) is 11.1 Å². The minimum absolute atomic E-state index is 0.00995. The Balaban J connectivity index is 2.79. The van der Waals surface area contributed by atoms with Gasteiger partial charge in [-0.05, 0) is 36.1 Å². The monoisotopic (exact) mass is 322 g/mol. The van der Waals surface area contributed by atoms with Crippen LogP contribution in [0.5, 0.6) is 0 Å². The molecule has 3 nitrogen and oxygen atoms in total. The van der Waals surface area contributed by atoms with Crippen LogP contribution in [0.3, 0.4) is 0 Å². The molecule has 19 heavy (non-hydrogen) atoms. The Kier molecular flexibility index (Phi) is 5.56. The van der Waals surface area contributed by atoms with Gasteiger partial charge in [-0.15, -0.1) is 0 Å². The van der Waals surface area contributed by atoms with Crippen LogP contribution < -0.4 is 5.32 Å². The molecule has 0 heterocycles. The first kappa shape index (κ1) is 15.7. The summed E-state index contributed by atoms with van der Waals surface area (Å²) in [6.45, 7) is 6.33. The van der Waals surface area contributed by atoms with Gasteiger partial charge in [0, 0.05) is 16.9 Å². The van der Waals surface area contributed by atoms with Gasteiger partial charge in [-0.1, -0.05) is 36.7 Å². The van der Waals surface area contributed by atoms with E-state index < -0.39 is 0 Å². The third-order valence-corrected chi connectivity index (χ3v) is 3.48. The number of hydrogen-bond donors (Lipinski definition) is 1. The van der Waals surface area contributed by atoms with E-state index in [-0.39, 0.29) is 17.4 Å². The molecule has 102 valence electrons. The minimum Gasteiger partial charge on any atom is -0.349 e. The summed E-state index contributed by atoms with van der Waals surface area (Å²) < 4.78 is 0. The Bertz CT molecular complexity index is 468. The van der Waals surface area contributed by atoms with E-state index in [1.54, 1.807) is 24.3 Å². The first-order valence-electron chi connectivity index (χ1n) is 6.25. The molecular weight excluding hydrogens is 304 g/mol. The van der Waals surface area contributed by atoms with Crippen LogP contribution in [0.1, 0.15) is 43.1 Å². The molecule has 1 amide bonds. The van der Waals surface area contributed by atoms with Crippen molar-refractivity contribution in [3.05, 3.63) is 35.4 Å². The van der Waals surface area contributed by atoms with E-state index in [1.165, 1.54) is 0 Å². The first-order chi connectivity index (χ1) is 8.88. The number of benzene rings is 1. The fourth-order valence-electron chi connectivity index (χ4n) is 1.77. The average Bonchev–Trinajstić information content (AvgIpc) is 2.37. The van der Waals surface area contributed by atoms with Crippen LogP contribution in [0, 0.1) is 16.7 Å². The highest BCUT2D eigenvalue weighted by atomic mass is 79.9. The van der Waals surface area contributed by atoms with Gasteiger partial charge in [-0.2, -0.15) is 5.26 Å². The molecule has 1 atom stereocenters. The average molecular weight is 323 g/mol. The van der Waals surface area contributed by atoms with E-state index in [1.807, 2.05) is 6.07 Å². The molecule has 0 aliphatic heterocycles. The highest BCUT2D eigenvalue weighted by Crippen LogP contribution is 2.22. The van der Waals surface area contributed by atoms with Crippen LogP contribution in [0.2, 0.25) is 0 Å². The second kappa shape index (κ2) is 6.72. The van der Waals surface area contributed by atoms with Crippen LogP contribution in [0.15, 0.2) is 24.3 Å². The Morgan fingerprint density at radius 2 is 1.95 bits per heavy atom. The van der Waals surface area contributed by atoms with Gasteiger partial charge in [-0.25, -0.2) is 0 Å². The van der Waals surface area contributed by atoms with Crippen LogP contribution in [0.25, 0.3) is 0 Å². The SMILES string of the molecule is CC(C)(C)C(CCBr)NC(=O)c1ccc(C#N)cc1. The quantitative estimate of drug-likeness (QED) is 0.863. The number of carbonyl (C=O) groups excluding carboxylic acids is 1. The molecule has 4 heteroatoms. The van der Waals surface area contributed by atoms with Gasteiger partial charge in [0.05, 0.1) is 11.6 Å². The molecule has 0 fully saturated rings. The molecule has 0 aliphatic carbocycles. The smallest absolute Gasteiger partial charge is 0.251 e. The van der Waals surface area contributed by atoms with Crippen LogP contribution >= 0.6 is 15.9 Å². The molecule has 1 aromatic carbocycles. The first-order valence-corrected chi connectivity index (χ1v) is 7.37. The van der Waals surface area contributed by atoms with E-state index in [4.69, 9.17) is 5.26 Å². The summed E-state index contributed by atoms with van der Waals surface area (Å²) in [6, 6.07) is 8.83. The summed E-state index contributed by atoms with van der Waals surface area (Å²) in [6.07, 6.45) is 0.880. The van der Waals surface area contributed by atoms with E-state index >= 15 is 0 Å². The molecule has 0 aromatic heterocycles. The Hall–Kier alpha value is -1.34. The van der Waals surface area contributed by atoms with Gasteiger partial charge >= 0.3 is 0 Å². The molecule has 0 spiro atoms. The molecular formula is C15H19BrN2O. The number of alkyl halides is 1. The van der Waals surface area contributed by atoms with Crippen LogP contribution in [-0.2, 0) is 0 Å². The van der Waals surface area contributed by atoms with Crippen molar-refractivity contribution in [2.24, 2.45) is 5.41 Å². The fraction of sp³-hybridized carbons (Fsp3) is 0.467. The largest absolute Gasteiger partial charge is 0.349 e. The summed E-state index contributed by atoms with van der Waals surface area (Å²) in [4.78, 5) is 12.2. The van der Waals surface area contributed by atoms with E-state index in [2.05, 4.69) is 42.0 Å². The zero-order chi connectivity index (χ0) is 14.5. The molecule has 1 unspecified atom stereocenters. The standard InChI is InChI=1S/C15H19BrN2O/c1-15(2,3)13(8-9-16)18-14(19)12-6-4-11(10-17)5-7-12/h4-7,13H,8-9H2,1-3H3,(H,18,19). The van der Waals surface area contributed by atoms with Gasteiger partial charge in [0.25, 0.3) is 5.91 Å². The van der Waals surface area contributed by atoms with Crippen molar-refractivity contribution in [2.45, 2.75) is 33.2 Å². The summed E-state index contributed by atoms with van der Waals surface area (Å²) in [5, 5.41) is 12.6. The summed E-state index contributed by atoms with van der Waals surface area (Å²) in [5.41, 5.74) is 1.16. The number of hydrogen-bond acceptors (Lipinski definition) is 2. The predicted octanol–water partition coefficient (Wildman–Crippen LogP) is 3.49. The van der Waals surface area contributed by atoms with Gasteiger partial charge in [0.1, 0.15) is 0 Å².